The molecule has 0 aliphatic carbocycles. The molecule has 0 aliphatic heterocycles. The number of aromatic nitrogens is 2. The van der Waals surface area contributed by atoms with Crippen LogP contribution in [0.4, 0.5) is 4.39 Å². The number of aryl methyl sites for hydroxylation is 1. The van der Waals surface area contributed by atoms with Crippen LogP contribution in [0.5, 0.6) is 0 Å². The van der Waals surface area contributed by atoms with E-state index in [2.05, 4.69) is 5.10 Å². The zero-order valence-corrected chi connectivity index (χ0v) is 9.22. The summed E-state index contributed by atoms with van der Waals surface area (Å²) in [5.74, 6) is -1.26. The average molecular weight is 234 g/mol. The summed E-state index contributed by atoms with van der Waals surface area (Å²) >= 11 is 0. The van der Waals surface area contributed by atoms with Crippen LogP contribution >= 0.6 is 0 Å². The molecular formula is C12H11FN2O2. The van der Waals surface area contributed by atoms with Crippen molar-refractivity contribution in [2.45, 2.75) is 13.3 Å². The Labute approximate surface area is 97.3 Å². The molecule has 0 unspecified atom stereocenters. The molecule has 0 bridgehead atoms. The van der Waals surface area contributed by atoms with Crippen molar-refractivity contribution >= 4 is 5.97 Å². The Bertz CT molecular complexity index is 546. The van der Waals surface area contributed by atoms with Gasteiger partial charge in [-0.25, -0.2) is 9.07 Å². The second-order valence-electron chi connectivity index (χ2n) is 3.74. The number of nitrogens with zero attached hydrogens (tertiary/aromatic N) is 2. The molecule has 0 fully saturated rings. The lowest BCUT2D eigenvalue weighted by atomic mass is 10.2. The van der Waals surface area contributed by atoms with Crippen LogP contribution in [0.25, 0.3) is 5.69 Å². The summed E-state index contributed by atoms with van der Waals surface area (Å²) in [5.41, 5.74) is 1.95. The predicted octanol–water partition coefficient (Wildman–Crippen LogP) is 1.95. The Hall–Kier alpha value is -2.17. The van der Waals surface area contributed by atoms with Gasteiger partial charge in [-0.2, -0.15) is 5.10 Å². The molecule has 5 heteroatoms. The standard InChI is InChI=1S/C12H11FN2O2/c1-8-6-11(7-12(16)17)15(14-8)10-4-2-9(13)3-5-10/h2-6H,7H2,1H3,(H,16,17). The third-order valence-electron chi connectivity index (χ3n) is 2.31. The number of carboxylic acid groups (broad SMARTS) is 1. The van der Waals surface area contributed by atoms with Crippen LogP contribution in [-0.4, -0.2) is 20.9 Å². The van der Waals surface area contributed by atoms with Crippen molar-refractivity contribution in [3.63, 3.8) is 0 Å². The Morgan fingerprint density at radius 1 is 1.41 bits per heavy atom. The van der Waals surface area contributed by atoms with Gasteiger partial charge in [0.05, 0.1) is 23.5 Å². The van der Waals surface area contributed by atoms with E-state index in [9.17, 15) is 9.18 Å². The molecule has 17 heavy (non-hydrogen) atoms. The number of carboxylic acids is 1. The van der Waals surface area contributed by atoms with Crippen LogP contribution in [0, 0.1) is 12.7 Å². The third kappa shape index (κ3) is 2.50. The van der Waals surface area contributed by atoms with Crippen molar-refractivity contribution in [3.8, 4) is 5.69 Å². The minimum atomic E-state index is -0.923. The summed E-state index contributed by atoms with van der Waals surface area (Å²) in [6.07, 6.45) is -0.113. The molecular weight excluding hydrogens is 223 g/mol. The minimum absolute atomic E-state index is 0.113. The maximum atomic E-state index is 12.8. The molecule has 4 nitrogen and oxygen atoms in total. The Morgan fingerprint density at radius 3 is 2.65 bits per heavy atom. The van der Waals surface area contributed by atoms with Crippen molar-refractivity contribution in [2.75, 3.05) is 0 Å². The van der Waals surface area contributed by atoms with E-state index in [1.165, 1.54) is 16.8 Å². The summed E-state index contributed by atoms with van der Waals surface area (Å²) in [6.45, 7) is 1.78. The largest absolute Gasteiger partial charge is 0.481 e. The van der Waals surface area contributed by atoms with E-state index in [-0.39, 0.29) is 12.2 Å². The van der Waals surface area contributed by atoms with Gasteiger partial charge in [0.15, 0.2) is 0 Å². The number of aliphatic carboxylic acids is 1. The van der Waals surface area contributed by atoms with Crippen molar-refractivity contribution in [1.29, 1.82) is 0 Å². The molecule has 0 atom stereocenters. The van der Waals surface area contributed by atoms with Crippen LogP contribution in [0.2, 0.25) is 0 Å². The lowest BCUT2D eigenvalue weighted by molar-refractivity contribution is -0.136. The molecule has 1 aromatic heterocycles. The fourth-order valence-corrected chi connectivity index (χ4v) is 1.64. The Morgan fingerprint density at radius 2 is 2.06 bits per heavy atom. The van der Waals surface area contributed by atoms with Gasteiger partial charge in [-0.3, -0.25) is 4.79 Å². The van der Waals surface area contributed by atoms with E-state index in [0.717, 1.165) is 5.69 Å². The zero-order chi connectivity index (χ0) is 12.4. The fourth-order valence-electron chi connectivity index (χ4n) is 1.64. The normalized spacial score (nSPS) is 10.5. The summed E-state index contributed by atoms with van der Waals surface area (Å²) in [4.78, 5) is 10.7. The fraction of sp³-hybridized carbons (Fsp3) is 0.167. The molecule has 0 aliphatic rings. The van der Waals surface area contributed by atoms with Gasteiger partial charge in [0.1, 0.15) is 5.82 Å². The molecule has 1 N–H and O–H groups in total. The maximum Gasteiger partial charge on any atom is 0.309 e. The minimum Gasteiger partial charge on any atom is -0.481 e. The highest BCUT2D eigenvalue weighted by molar-refractivity contribution is 5.69. The van der Waals surface area contributed by atoms with E-state index in [1.54, 1.807) is 25.1 Å². The number of benzene rings is 1. The topological polar surface area (TPSA) is 55.1 Å². The quantitative estimate of drug-likeness (QED) is 0.883. The molecule has 0 spiro atoms. The maximum absolute atomic E-state index is 12.8. The van der Waals surface area contributed by atoms with Crippen LogP contribution in [0.1, 0.15) is 11.4 Å². The van der Waals surface area contributed by atoms with Crippen LogP contribution < -0.4 is 0 Å². The highest BCUT2D eigenvalue weighted by atomic mass is 19.1. The van der Waals surface area contributed by atoms with E-state index in [1.807, 2.05) is 0 Å². The van der Waals surface area contributed by atoms with E-state index in [4.69, 9.17) is 5.11 Å². The second kappa shape index (κ2) is 4.37. The molecule has 2 rings (SSSR count). The third-order valence-corrected chi connectivity index (χ3v) is 2.31. The number of hydrogen-bond donors (Lipinski definition) is 1. The molecule has 0 saturated carbocycles. The van der Waals surface area contributed by atoms with Gasteiger partial charge in [0, 0.05) is 0 Å². The molecule has 0 saturated heterocycles. The molecule has 88 valence electrons. The van der Waals surface area contributed by atoms with E-state index < -0.39 is 5.97 Å². The SMILES string of the molecule is Cc1cc(CC(=O)O)n(-c2ccc(F)cc2)n1. The first-order valence-corrected chi connectivity index (χ1v) is 5.09. The molecule has 0 radical (unpaired) electrons. The first-order chi connectivity index (χ1) is 8.06. The van der Waals surface area contributed by atoms with Gasteiger partial charge in [-0.1, -0.05) is 0 Å². The van der Waals surface area contributed by atoms with Crippen molar-refractivity contribution in [2.24, 2.45) is 0 Å². The molecule has 0 amide bonds. The molecule has 1 aromatic carbocycles. The lowest BCUT2D eigenvalue weighted by Gasteiger charge is -2.05. The summed E-state index contributed by atoms with van der Waals surface area (Å²) in [7, 11) is 0. The summed E-state index contributed by atoms with van der Waals surface area (Å²) < 4.78 is 14.3. The second-order valence-corrected chi connectivity index (χ2v) is 3.74. The van der Waals surface area contributed by atoms with Crippen LogP contribution in [-0.2, 0) is 11.2 Å². The van der Waals surface area contributed by atoms with Gasteiger partial charge in [0.25, 0.3) is 0 Å². The van der Waals surface area contributed by atoms with Crippen LogP contribution in [0.15, 0.2) is 30.3 Å². The first kappa shape index (κ1) is 11.3. The van der Waals surface area contributed by atoms with Crippen LogP contribution in [0.3, 0.4) is 0 Å². The van der Waals surface area contributed by atoms with Gasteiger partial charge in [0.2, 0.25) is 0 Å². The van der Waals surface area contributed by atoms with Gasteiger partial charge in [-0.05, 0) is 37.3 Å². The Kier molecular flexibility index (Phi) is 2.91. The highest BCUT2D eigenvalue weighted by Gasteiger charge is 2.10. The van der Waals surface area contributed by atoms with Gasteiger partial charge in [-0.15, -0.1) is 0 Å². The van der Waals surface area contributed by atoms with Crippen molar-refractivity contribution in [1.82, 2.24) is 9.78 Å². The zero-order valence-electron chi connectivity index (χ0n) is 9.22. The van der Waals surface area contributed by atoms with Gasteiger partial charge >= 0.3 is 5.97 Å². The number of hydrogen-bond acceptors (Lipinski definition) is 2. The highest BCUT2D eigenvalue weighted by Crippen LogP contribution is 2.13. The number of halogens is 1. The van der Waals surface area contributed by atoms with E-state index >= 15 is 0 Å². The van der Waals surface area contributed by atoms with Crippen molar-refractivity contribution in [3.05, 3.63) is 47.5 Å². The lowest BCUT2D eigenvalue weighted by Crippen LogP contribution is -2.07. The summed E-state index contributed by atoms with van der Waals surface area (Å²) in [6, 6.07) is 7.46. The number of carbonyl (C=O) groups is 1. The van der Waals surface area contributed by atoms with Gasteiger partial charge < -0.3 is 5.11 Å². The number of rotatable bonds is 3. The molecule has 2 aromatic rings. The Balaban J connectivity index is 2.43. The monoisotopic (exact) mass is 234 g/mol. The predicted molar refractivity (Wildman–Crippen MR) is 59.6 cm³/mol. The van der Waals surface area contributed by atoms with Crippen molar-refractivity contribution < 1.29 is 14.3 Å². The smallest absolute Gasteiger partial charge is 0.309 e. The molecule has 1 heterocycles. The van der Waals surface area contributed by atoms with E-state index in [0.29, 0.717) is 11.4 Å². The average Bonchev–Trinajstić information content (AvgIpc) is 2.59. The summed E-state index contributed by atoms with van der Waals surface area (Å²) in [5, 5.41) is 13.0. The first-order valence-electron chi connectivity index (χ1n) is 5.09.